The molecule has 3 aromatic rings. The number of fused-ring (bicyclic) bond motifs is 1. The molecule has 0 atom stereocenters. The van der Waals surface area contributed by atoms with Gasteiger partial charge in [0.05, 0.1) is 12.1 Å². The fourth-order valence-corrected chi connectivity index (χ4v) is 3.32. The lowest BCUT2D eigenvalue weighted by Crippen LogP contribution is -2.25. The van der Waals surface area contributed by atoms with E-state index < -0.39 is 30.3 Å². The van der Waals surface area contributed by atoms with E-state index in [9.17, 15) is 27.6 Å². The van der Waals surface area contributed by atoms with Crippen molar-refractivity contribution in [1.82, 2.24) is 9.55 Å². The lowest BCUT2D eigenvalue weighted by Gasteiger charge is -2.09. The molecule has 4 N–H and O–H groups in total. The van der Waals surface area contributed by atoms with Crippen LogP contribution in [0.15, 0.2) is 53.5 Å². The van der Waals surface area contributed by atoms with Gasteiger partial charge in [-0.3, -0.25) is 14.4 Å². The van der Waals surface area contributed by atoms with Gasteiger partial charge in [-0.1, -0.05) is 6.08 Å². The third-order valence-electron chi connectivity index (χ3n) is 4.77. The summed E-state index contributed by atoms with van der Waals surface area (Å²) in [4.78, 5) is 38.5. The summed E-state index contributed by atoms with van der Waals surface area (Å²) in [5, 5.41) is 2.97. The highest BCUT2D eigenvalue weighted by Crippen LogP contribution is 2.28. The van der Waals surface area contributed by atoms with Gasteiger partial charge in [-0.05, 0) is 43.2 Å². The molecule has 8 nitrogen and oxygen atoms in total. The van der Waals surface area contributed by atoms with Crippen molar-refractivity contribution in [2.45, 2.75) is 32.2 Å². The zero-order chi connectivity index (χ0) is 24.7. The summed E-state index contributed by atoms with van der Waals surface area (Å²) in [5.41, 5.74) is 5.46. The van der Waals surface area contributed by atoms with Gasteiger partial charge in [-0.25, -0.2) is 13.2 Å². The zero-order valence-electron chi connectivity index (χ0n) is 18.0. The van der Waals surface area contributed by atoms with Crippen LogP contribution in [0.1, 0.15) is 25.0 Å². The predicted octanol–water partition coefficient (Wildman–Crippen LogP) is 3.31. The summed E-state index contributed by atoms with van der Waals surface area (Å²) in [6.45, 7) is -0.819. The minimum atomic E-state index is -2.71. The number of ether oxygens (including phenoxy) is 1. The Morgan fingerprint density at radius 1 is 1.26 bits per heavy atom. The maximum absolute atomic E-state index is 13.9. The Kier molecular flexibility index (Phi) is 8.12. The monoisotopic (exact) mass is 476 g/mol. The predicted molar refractivity (Wildman–Crippen MR) is 120 cm³/mol. The molecule has 1 aromatic carbocycles. The summed E-state index contributed by atoms with van der Waals surface area (Å²) in [6, 6.07) is 6.89. The Balaban J connectivity index is 1.71. The van der Waals surface area contributed by atoms with Crippen LogP contribution in [-0.2, 0) is 16.1 Å². The van der Waals surface area contributed by atoms with E-state index in [2.05, 4.69) is 10.3 Å². The van der Waals surface area contributed by atoms with Gasteiger partial charge in [0.2, 0.25) is 11.8 Å². The molecule has 0 aliphatic rings. The third-order valence-corrected chi connectivity index (χ3v) is 4.77. The SMILES string of the molecule is NC(=O)/C=C/CCCC(=O)Nc1cccn(Cc2cc3cc(F)cc(OCC(F)F)c3[nH]2)c1=O. The number of nitrogens with two attached hydrogens (primary N) is 1. The van der Waals surface area contributed by atoms with Crippen molar-refractivity contribution >= 4 is 28.4 Å². The number of carbonyl (C=O) groups excluding carboxylic acids is 2. The third kappa shape index (κ3) is 6.74. The second-order valence-electron chi connectivity index (χ2n) is 7.46. The Bertz CT molecular complexity index is 1270. The van der Waals surface area contributed by atoms with Crippen molar-refractivity contribution in [2.24, 2.45) is 5.73 Å². The summed E-state index contributed by atoms with van der Waals surface area (Å²) in [6.07, 6.45) is 2.70. The first-order chi connectivity index (χ1) is 16.2. The van der Waals surface area contributed by atoms with Crippen LogP contribution in [0.5, 0.6) is 5.75 Å². The number of primary amides is 1. The topological polar surface area (TPSA) is 119 Å². The van der Waals surface area contributed by atoms with E-state index in [-0.39, 0.29) is 30.3 Å². The van der Waals surface area contributed by atoms with Crippen molar-refractivity contribution in [3.05, 3.63) is 70.5 Å². The van der Waals surface area contributed by atoms with E-state index in [1.54, 1.807) is 18.2 Å². The standard InChI is InChI=1S/C23H23F3N4O4/c24-15-9-14-10-16(28-22(14)18(11-15)34-13-19(25)26)12-30-8-4-5-17(23(30)33)29-21(32)7-3-1-2-6-20(27)31/h2,4-6,8-11,19,28H,1,3,7,12-13H2,(H2,27,31)(H,29,32)/b6-2+. The molecule has 0 radical (unpaired) electrons. The average Bonchev–Trinajstić information content (AvgIpc) is 3.16. The molecule has 0 fully saturated rings. The number of benzene rings is 1. The number of rotatable bonds is 11. The van der Waals surface area contributed by atoms with Crippen LogP contribution < -0.4 is 21.3 Å². The highest BCUT2D eigenvalue weighted by molar-refractivity contribution is 5.90. The molecular weight excluding hydrogens is 453 g/mol. The number of H-pyrrole nitrogens is 1. The number of unbranched alkanes of at least 4 members (excludes halogenated alkanes) is 1. The second-order valence-corrected chi connectivity index (χ2v) is 7.46. The van der Waals surface area contributed by atoms with Crippen LogP contribution in [0.3, 0.4) is 0 Å². The number of aromatic amines is 1. The number of alkyl halides is 2. The van der Waals surface area contributed by atoms with E-state index in [1.165, 1.54) is 29.0 Å². The lowest BCUT2D eigenvalue weighted by atomic mass is 10.2. The fourth-order valence-electron chi connectivity index (χ4n) is 3.32. The normalized spacial score (nSPS) is 11.4. The molecule has 0 saturated carbocycles. The largest absolute Gasteiger partial charge is 0.485 e. The summed E-state index contributed by atoms with van der Waals surface area (Å²) in [7, 11) is 0. The first-order valence-electron chi connectivity index (χ1n) is 10.4. The van der Waals surface area contributed by atoms with Crippen molar-refractivity contribution in [2.75, 3.05) is 11.9 Å². The zero-order valence-corrected chi connectivity index (χ0v) is 18.0. The molecule has 0 bridgehead atoms. The molecule has 11 heteroatoms. The summed E-state index contributed by atoms with van der Waals surface area (Å²) >= 11 is 0. The van der Waals surface area contributed by atoms with Gasteiger partial charge in [0.1, 0.15) is 23.9 Å². The van der Waals surface area contributed by atoms with Gasteiger partial charge in [-0.15, -0.1) is 0 Å². The van der Waals surface area contributed by atoms with E-state index in [0.717, 1.165) is 6.07 Å². The molecule has 34 heavy (non-hydrogen) atoms. The minimum Gasteiger partial charge on any atom is -0.485 e. The van der Waals surface area contributed by atoms with Gasteiger partial charge in [0, 0.05) is 29.8 Å². The second kappa shape index (κ2) is 11.2. The molecule has 2 heterocycles. The molecule has 0 aliphatic heterocycles. The molecule has 0 aliphatic carbocycles. The number of aromatic nitrogens is 2. The number of amides is 2. The van der Waals surface area contributed by atoms with Gasteiger partial charge in [0.15, 0.2) is 0 Å². The van der Waals surface area contributed by atoms with E-state index in [4.69, 9.17) is 10.5 Å². The Morgan fingerprint density at radius 3 is 2.79 bits per heavy atom. The molecule has 3 rings (SSSR count). The van der Waals surface area contributed by atoms with Crippen molar-refractivity contribution < 1.29 is 27.5 Å². The number of hydrogen-bond acceptors (Lipinski definition) is 4. The number of carbonyl (C=O) groups is 2. The lowest BCUT2D eigenvalue weighted by molar-refractivity contribution is -0.116. The van der Waals surface area contributed by atoms with Crippen LogP contribution >= 0.6 is 0 Å². The Morgan fingerprint density at radius 2 is 2.06 bits per heavy atom. The first-order valence-corrected chi connectivity index (χ1v) is 10.4. The first kappa shape index (κ1) is 24.6. The molecule has 0 saturated heterocycles. The maximum atomic E-state index is 13.9. The highest BCUT2D eigenvalue weighted by Gasteiger charge is 2.13. The van der Waals surface area contributed by atoms with Crippen molar-refractivity contribution in [3.8, 4) is 5.75 Å². The van der Waals surface area contributed by atoms with Gasteiger partial charge < -0.3 is 25.3 Å². The summed E-state index contributed by atoms with van der Waals surface area (Å²) < 4.78 is 45.2. The number of halogens is 3. The van der Waals surface area contributed by atoms with Gasteiger partial charge in [-0.2, -0.15) is 0 Å². The van der Waals surface area contributed by atoms with Crippen LogP contribution in [0, 0.1) is 5.82 Å². The van der Waals surface area contributed by atoms with Gasteiger partial charge >= 0.3 is 0 Å². The average molecular weight is 476 g/mol. The summed E-state index contributed by atoms with van der Waals surface area (Å²) in [5.74, 6) is -1.62. The minimum absolute atomic E-state index is 0.0550. The quantitative estimate of drug-likeness (QED) is 0.291. The number of nitrogens with zero attached hydrogens (tertiary/aromatic N) is 1. The number of nitrogens with one attached hydrogen (secondary N) is 2. The number of anilines is 1. The number of hydrogen-bond donors (Lipinski definition) is 3. The van der Waals surface area contributed by atoms with Gasteiger partial charge in [0.25, 0.3) is 12.0 Å². The Hall–Kier alpha value is -4.02. The van der Waals surface area contributed by atoms with Crippen molar-refractivity contribution in [1.29, 1.82) is 0 Å². The van der Waals surface area contributed by atoms with E-state index in [1.807, 2.05) is 0 Å². The van der Waals surface area contributed by atoms with Crippen LogP contribution in [0.2, 0.25) is 0 Å². The van der Waals surface area contributed by atoms with Crippen LogP contribution in [0.4, 0.5) is 18.9 Å². The molecule has 0 spiro atoms. The number of pyridine rings is 1. The molecule has 180 valence electrons. The smallest absolute Gasteiger partial charge is 0.274 e. The van der Waals surface area contributed by atoms with Crippen LogP contribution in [0.25, 0.3) is 10.9 Å². The van der Waals surface area contributed by atoms with E-state index >= 15 is 0 Å². The fraction of sp³-hybridized carbons (Fsp3) is 0.261. The molecular formula is C23H23F3N4O4. The van der Waals surface area contributed by atoms with Crippen molar-refractivity contribution in [3.63, 3.8) is 0 Å². The highest BCUT2D eigenvalue weighted by atomic mass is 19.3. The number of allylic oxidation sites excluding steroid dienone is 1. The molecule has 2 aromatic heterocycles. The molecule has 0 unspecified atom stereocenters. The molecule has 2 amide bonds. The Labute approximate surface area is 192 Å². The van der Waals surface area contributed by atoms with Crippen LogP contribution in [-0.4, -0.2) is 34.4 Å². The van der Waals surface area contributed by atoms with E-state index in [0.29, 0.717) is 29.4 Å². The maximum Gasteiger partial charge on any atom is 0.274 e.